The van der Waals surface area contributed by atoms with Crippen molar-refractivity contribution in [2.75, 3.05) is 38.1 Å². The Morgan fingerprint density at radius 2 is 2.16 bits per heavy atom. The van der Waals surface area contributed by atoms with Gasteiger partial charge in [-0.05, 0) is 12.1 Å². The number of aromatic amines is 1. The van der Waals surface area contributed by atoms with E-state index in [1.807, 2.05) is 40.1 Å². The number of para-hydroxylation sites is 1. The number of ether oxygens (including phenoxy) is 1. The smallest absolute Gasteiger partial charge is 0.270 e. The summed E-state index contributed by atoms with van der Waals surface area (Å²) in [5.41, 5.74) is 2.65. The number of carbonyl (C=O) groups is 2. The highest BCUT2D eigenvalue weighted by atomic mass is 32.1. The van der Waals surface area contributed by atoms with E-state index in [4.69, 9.17) is 9.72 Å². The number of aromatic nitrogens is 2. The van der Waals surface area contributed by atoms with Crippen molar-refractivity contribution in [1.29, 1.82) is 0 Å². The van der Waals surface area contributed by atoms with Gasteiger partial charge in [0, 0.05) is 55.3 Å². The predicted octanol–water partition coefficient (Wildman–Crippen LogP) is 2.48. The molecule has 0 aliphatic carbocycles. The summed E-state index contributed by atoms with van der Waals surface area (Å²) in [5, 5.41) is 5.24. The lowest BCUT2D eigenvalue weighted by atomic mass is 10.1. The Morgan fingerprint density at radius 3 is 3.00 bits per heavy atom. The zero-order valence-electron chi connectivity index (χ0n) is 17.4. The molecule has 2 amide bonds. The minimum atomic E-state index is -0.0429. The van der Waals surface area contributed by atoms with Crippen molar-refractivity contribution in [1.82, 2.24) is 19.8 Å². The van der Waals surface area contributed by atoms with Gasteiger partial charge in [-0.25, -0.2) is 4.98 Å². The van der Waals surface area contributed by atoms with Gasteiger partial charge >= 0.3 is 0 Å². The summed E-state index contributed by atoms with van der Waals surface area (Å²) in [6.45, 7) is 5.23. The van der Waals surface area contributed by atoms with Gasteiger partial charge in [-0.3, -0.25) is 9.59 Å². The van der Waals surface area contributed by atoms with Crippen molar-refractivity contribution in [3.63, 3.8) is 0 Å². The van der Waals surface area contributed by atoms with Gasteiger partial charge in [-0.1, -0.05) is 29.5 Å². The number of amides is 2. The van der Waals surface area contributed by atoms with E-state index < -0.39 is 0 Å². The Hall–Kier alpha value is -2.91. The second kappa shape index (κ2) is 8.32. The largest absolute Gasteiger partial charge is 0.373 e. The van der Waals surface area contributed by atoms with Crippen LogP contribution in [0.15, 0.2) is 30.3 Å². The van der Waals surface area contributed by atoms with E-state index in [1.165, 1.54) is 0 Å². The second-order valence-corrected chi connectivity index (χ2v) is 9.06. The van der Waals surface area contributed by atoms with Crippen molar-refractivity contribution < 1.29 is 14.3 Å². The second-order valence-electron chi connectivity index (χ2n) is 7.97. The summed E-state index contributed by atoms with van der Waals surface area (Å²) >= 11 is 1.59. The molecule has 1 unspecified atom stereocenters. The van der Waals surface area contributed by atoms with E-state index in [-0.39, 0.29) is 17.9 Å². The molecule has 5 rings (SSSR count). The fourth-order valence-corrected chi connectivity index (χ4v) is 5.16. The van der Waals surface area contributed by atoms with E-state index in [0.29, 0.717) is 45.0 Å². The normalized spacial score (nSPS) is 18.8. The highest BCUT2D eigenvalue weighted by Gasteiger charge is 2.27. The molecule has 162 valence electrons. The van der Waals surface area contributed by atoms with Crippen molar-refractivity contribution in [3.05, 3.63) is 46.6 Å². The number of carbonyl (C=O) groups excluding carboxylic acids is 2. The first-order chi connectivity index (χ1) is 15.1. The lowest BCUT2D eigenvalue weighted by Gasteiger charge is -2.32. The molecule has 0 bridgehead atoms. The van der Waals surface area contributed by atoms with Crippen LogP contribution < -0.4 is 5.32 Å². The van der Waals surface area contributed by atoms with Gasteiger partial charge in [0.25, 0.3) is 5.91 Å². The number of morpholine rings is 1. The number of thiazole rings is 1. The Labute approximate surface area is 184 Å². The van der Waals surface area contributed by atoms with Gasteiger partial charge in [-0.15, -0.1) is 0 Å². The fraction of sp³-hybridized carbons (Fsp3) is 0.409. The minimum absolute atomic E-state index is 0.0182. The first kappa shape index (κ1) is 20.0. The molecule has 4 heterocycles. The zero-order chi connectivity index (χ0) is 21.4. The van der Waals surface area contributed by atoms with Gasteiger partial charge in [0.2, 0.25) is 5.91 Å². The van der Waals surface area contributed by atoms with Crippen LogP contribution in [0.3, 0.4) is 0 Å². The summed E-state index contributed by atoms with van der Waals surface area (Å²) < 4.78 is 5.77. The molecule has 8 nitrogen and oxygen atoms in total. The lowest BCUT2D eigenvalue weighted by molar-refractivity contribution is -0.135. The van der Waals surface area contributed by atoms with Crippen molar-refractivity contribution in [3.8, 4) is 0 Å². The van der Waals surface area contributed by atoms with Gasteiger partial charge in [0.15, 0.2) is 5.13 Å². The molecule has 1 fully saturated rings. The number of nitrogens with zero attached hydrogens (tertiary/aromatic N) is 3. The monoisotopic (exact) mass is 439 g/mol. The molecule has 2 aromatic heterocycles. The average molecular weight is 440 g/mol. The fourth-order valence-electron chi connectivity index (χ4n) is 4.13. The number of rotatable bonds is 4. The number of hydrogen-bond acceptors (Lipinski definition) is 6. The number of anilines is 1. The molecular formula is C22H25N5O3S. The van der Waals surface area contributed by atoms with Crippen LogP contribution in [-0.2, 0) is 22.5 Å². The Balaban J connectivity index is 1.22. The Bertz CT molecular complexity index is 1090. The number of hydrogen-bond donors (Lipinski definition) is 2. The number of nitrogens with one attached hydrogen (secondary N) is 2. The third-order valence-electron chi connectivity index (χ3n) is 5.84. The topological polar surface area (TPSA) is 90.6 Å². The predicted molar refractivity (Wildman–Crippen MR) is 119 cm³/mol. The zero-order valence-corrected chi connectivity index (χ0v) is 18.2. The van der Waals surface area contributed by atoms with E-state index in [0.717, 1.165) is 33.0 Å². The van der Waals surface area contributed by atoms with E-state index >= 15 is 0 Å². The summed E-state index contributed by atoms with van der Waals surface area (Å²) in [4.78, 5) is 37.4. The van der Waals surface area contributed by atoms with Crippen LogP contribution in [0.25, 0.3) is 10.9 Å². The number of fused-ring (bicyclic) bond motifs is 2. The summed E-state index contributed by atoms with van der Waals surface area (Å²) in [6, 6.07) is 9.83. The SMILES string of the molecule is CC(=O)N1CCOC(CNc2nc3c(s2)CN(C(=O)c2cc4ccccc4[nH]2)CC3)C1. The molecule has 3 aromatic rings. The van der Waals surface area contributed by atoms with Gasteiger partial charge in [-0.2, -0.15) is 0 Å². The number of H-pyrrole nitrogens is 1. The van der Waals surface area contributed by atoms with Crippen molar-refractivity contribution in [2.24, 2.45) is 0 Å². The highest BCUT2D eigenvalue weighted by molar-refractivity contribution is 7.15. The Morgan fingerprint density at radius 1 is 1.29 bits per heavy atom. The van der Waals surface area contributed by atoms with Crippen LogP contribution in [-0.4, -0.2) is 70.5 Å². The Kier molecular flexibility index (Phi) is 5.37. The van der Waals surface area contributed by atoms with Crippen LogP contribution in [0.5, 0.6) is 0 Å². The molecule has 0 radical (unpaired) electrons. The molecule has 1 saturated heterocycles. The van der Waals surface area contributed by atoms with Crippen LogP contribution in [0.1, 0.15) is 28.0 Å². The van der Waals surface area contributed by atoms with Crippen molar-refractivity contribution in [2.45, 2.75) is 26.0 Å². The van der Waals surface area contributed by atoms with Crippen LogP contribution >= 0.6 is 11.3 Å². The lowest BCUT2D eigenvalue weighted by Crippen LogP contribution is -2.47. The van der Waals surface area contributed by atoms with Crippen LogP contribution in [0, 0.1) is 0 Å². The van der Waals surface area contributed by atoms with E-state index in [1.54, 1.807) is 18.3 Å². The molecular weight excluding hydrogens is 414 g/mol. The molecule has 0 saturated carbocycles. The van der Waals surface area contributed by atoms with Crippen LogP contribution in [0.2, 0.25) is 0 Å². The summed E-state index contributed by atoms with van der Waals surface area (Å²) in [7, 11) is 0. The molecule has 1 aromatic carbocycles. The first-order valence-electron chi connectivity index (χ1n) is 10.5. The number of benzene rings is 1. The average Bonchev–Trinajstić information content (AvgIpc) is 3.40. The third kappa shape index (κ3) is 4.15. The maximum atomic E-state index is 13.0. The molecule has 2 aliphatic heterocycles. The highest BCUT2D eigenvalue weighted by Crippen LogP contribution is 2.29. The third-order valence-corrected chi connectivity index (χ3v) is 6.88. The molecule has 0 spiro atoms. The van der Waals surface area contributed by atoms with E-state index in [2.05, 4.69) is 10.3 Å². The molecule has 1 atom stereocenters. The van der Waals surface area contributed by atoms with Gasteiger partial charge in [0.05, 0.1) is 24.9 Å². The molecule has 31 heavy (non-hydrogen) atoms. The minimum Gasteiger partial charge on any atom is -0.373 e. The maximum Gasteiger partial charge on any atom is 0.270 e. The first-order valence-corrected chi connectivity index (χ1v) is 11.3. The van der Waals surface area contributed by atoms with Gasteiger partial charge in [0.1, 0.15) is 5.69 Å². The molecule has 2 N–H and O–H groups in total. The van der Waals surface area contributed by atoms with Crippen LogP contribution in [0.4, 0.5) is 5.13 Å². The quantitative estimate of drug-likeness (QED) is 0.652. The summed E-state index contributed by atoms with van der Waals surface area (Å²) in [5.74, 6) is 0.0995. The van der Waals surface area contributed by atoms with Gasteiger partial charge < -0.3 is 24.8 Å². The molecule has 9 heteroatoms. The van der Waals surface area contributed by atoms with Crippen molar-refractivity contribution >= 4 is 39.2 Å². The molecule has 2 aliphatic rings. The maximum absolute atomic E-state index is 13.0. The summed E-state index contributed by atoms with van der Waals surface area (Å²) in [6.07, 6.45) is 0.705. The van der Waals surface area contributed by atoms with E-state index in [9.17, 15) is 9.59 Å². The standard InChI is InChI=1S/C22H25N5O3S/c1-14(28)26-8-9-30-16(12-26)11-23-22-25-18-6-7-27(13-20(18)31-22)21(29)19-10-15-4-2-3-5-17(15)24-19/h2-5,10,16,24H,6-9,11-13H2,1H3,(H,23,25).